The van der Waals surface area contributed by atoms with Gasteiger partial charge in [0.05, 0.1) is 10.9 Å². The van der Waals surface area contributed by atoms with Crippen LogP contribution in [0, 0.1) is 5.82 Å². The maximum atomic E-state index is 13.1. The Balaban J connectivity index is 2.80. The molecule has 0 aromatic heterocycles. The van der Waals surface area contributed by atoms with Gasteiger partial charge in [-0.05, 0) is 24.6 Å². The molecule has 0 radical (unpaired) electrons. The minimum absolute atomic E-state index is 0.103. The maximum Gasteiger partial charge on any atom is 0.230 e. The number of nitrogens with two attached hydrogens (primary N) is 2. The average molecular weight is 228 g/mol. The lowest BCUT2D eigenvalue weighted by Crippen LogP contribution is -2.24. The van der Waals surface area contributed by atoms with Gasteiger partial charge in [0.15, 0.2) is 0 Å². The van der Waals surface area contributed by atoms with E-state index < -0.39 is 5.82 Å². The number of primary amides is 1. The molecule has 0 aliphatic carbocycles. The third-order valence-electron chi connectivity index (χ3n) is 1.94. The summed E-state index contributed by atoms with van der Waals surface area (Å²) in [5.41, 5.74) is 10.6. The van der Waals surface area contributed by atoms with Crippen molar-refractivity contribution in [3.8, 4) is 0 Å². The number of rotatable bonds is 4. The summed E-state index contributed by atoms with van der Waals surface area (Å²) in [6.45, 7) is 1.86. The van der Waals surface area contributed by atoms with Gasteiger partial charge in [0.2, 0.25) is 5.91 Å². The summed E-state index contributed by atoms with van der Waals surface area (Å²) < 4.78 is 13.1. The summed E-state index contributed by atoms with van der Waals surface area (Å²) in [5, 5.41) is -0.326. The SMILES string of the molecule is CCC(Sc1ccc(N)c(F)c1)C(N)=O. The predicted octanol–water partition coefficient (Wildman–Crippen LogP) is 1.76. The molecule has 0 spiro atoms. The quantitative estimate of drug-likeness (QED) is 0.609. The first-order chi connectivity index (χ1) is 7.04. The van der Waals surface area contributed by atoms with E-state index in [0.29, 0.717) is 11.3 Å². The lowest BCUT2D eigenvalue weighted by atomic mass is 10.3. The molecule has 0 aliphatic rings. The van der Waals surface area contributed by atoms with Crippen molar-refractivity contribution in [3.63, 3.8) is 0 Å². The molecule has 0 saturated heterocycles. The molecule has 0 fully saturated rings. The highest BCUT2D eigenvalue weighted by Crippen LogP contribution is 2.27. The van der Waals surface area contributed by atoms with Gasteiger partial charge in [0.25, 0.3) is 0 Å². The molecule has 1 unspecified atom stereocenters. The molecule has 0 aliphatic heterocycles. The Hall–Kier alpha value is -1.23. The molecule has 1 amide bonds. The van der Waals surface area contributed by atoms with E-state index in [2.05, 4.69) is 0 Å². The van der Waals surface area contributed by atoms with Gasteiger partial charge in [-0.1, -0.05) is 6.92 Å². The first-order valence-corrected chi connectivity index (χ1v) is 5.43. The van der Waals surface area contributed by atoms with Crippen molar-refractivity contribution in [1.29, 1.82) is 0 Å². The van der Waals surface area contributed by atoms with E-state index in [0.717, 1.165) is 0 Å². The summed E-state index contributed by atoms with van der Waals surface area (Å²) in [6, 6.07) is 4.46. The van der Waals surface area contributed by atoms with Crippen LogP contribution in [0.5, 0.6) is 0 Å². The van der Waals surface area contributed by atoms with Crippen molar-refractivity contribution >= 4 is 23.4 Å². The number of hydrogen-bond acceptors (Lipinski definition) is 3. The number of benzene rings is 1. The summed E-state index contributed by atoms with van der Waals surface area (Å²) in [6.07, 6.45) is 0.617. The lowest BCUT2D eigenvalue weighted by Gasteiger charge is -2.10. The molecular weight excluding hydrogens is 215 g/mol. The summed E-state index contributed by atoms with van der Waals surface area (Å²) in [4.78, 5) is 11.6. The largest absolute Gasteiger partial charge is 0.396 e. The second kappa shape index (κ2) is 5.02. The highest BCUT2D eigenvalue weighted by Gasteiger charge is 2.14. The maximum absolute atomic E-state index is 13.1. The van der Waals surface area contributed by atoms with E-state index in [4.69, 9.17) is 11.5 Å². The second-order valence-corrected chi connectivity index (χ2v) is 4.38. The van der Waals surface area contributed by atoms with Crippen LogP contribution in [-0.4, -0.2) is 11.2 Å². The van der Waals surface area contributed by atoms with E-state index in [1.54, 1.807) is 6.07 Å². The van der Waals surface area contributed by atoms with E-state index in [1.165, 1.54) is 23.9 Å². The van der Waals surface area contributed by atoms with Crippen molar-refractivity contribution < 1.29 is 9.18 Å². The van der Waals surface area contributed by atoms with Crippen LogP contribution < -0.4 is 11.5 Å². The number of amides is 1. The number of carbonyl (C=O) groups excluding carboxylic acids is 1. The molecule has 3 nitrogen and oxygen atoms in total. The summed E-state index contributed by atoms with van der Waals surface area (Å²) in [7, 11) is 0. The fourth-order valence-electron chi connectivity index (χ4n) is 1.09. The predicted molar refractivity (Wildman–Crippen MR) is 59.9 cm³/mol. The van der Waals surface area contributed by atoms with Crippen LogP contribution in [0.15, 0.2) is 23.1 Å². The molecule has 0 saturated carbocycles. The molecule has 0 bridgehead atoms. The topological polar surface area (TPSA) is 69.1 Å². The van der Waals surface area contributed by atoms with Crippen LogP contribution in [0.2, 0.25) is 0 Å². The monoisotopic (exact) mass is 228 g/mol. The Bertz CT molecular complexity index is 370. The summed E-state index contributed by atoms with van der Waals surface area (Å²) in [5.74, 6) is -0.862. The summed E-state index contributed by atoms with van der Waals surface area (Å²) >= 11 is 1.25. The Labute approximate surface area is 92.0 Å². The van der Waals surface area contributed by atoms with Crippen molar-refractivity contribution in [2.45, 2.75) is 23.5 Å². The van der Waals surface area contributed by atoms with E-state index in [1.807, 2.05) is 6.92 Å². The molecule has 5 heteroatoms. The zero-order valence-corrected chi connectivity index (χ0v) is 9.18. The fraction of sp³-hybridized carbons (Fsp3) is 0.300. The van der Waals surface area contributed by atoms with Crippen molar-refractivity contribution in [2.75, 3.05) is 5.73 Å². The molecule has 0 heterocycles. The number of nitrogen functional groups attached to an aromatic ring is 1. The molecule has 1 atom stereocenters. The number of hydrogen-bond donors (Lipinski definition) is 2. The first-order valence-electron chi connectivity index (χ1n) is 4.55. The van der Waals surface area contributed by atoms with Gasteiger partial charge in [-0.25, -0.2) is 4.39 Å². The zero-order chi connectivity index (χ0) is 11.4. The van der Waals surface area contributed by atoms with Gasteiger partial charge in [0.1, 0.15) is 5.82 Å². The van der Waals surface area contributed by atoms with Crippen molar-refractivity contribution in [3.05, 3.63) is 24.0 Å². The smallest absolute Gasteiger partial charge is 0.230 e. The van der Waals surface area contributed by atoms with Crippen LogP contribution in [0.1, 0.15) is 13.3 Å². The Morgan fingerprint density at radius 3 is 2.73 bits per heavy atom. The van der Waals surface area contributed by atoms with Gasteiger partial charge >= 0.3 is 0 Å². The zero-order valence-electron chi connectivity index (χ0n) is 8.37. The number of carbonyl (C=O) groups is 1. The van der Waals surface area contributed by atoms with E-state index in [-0.39, 0.29) is 16.8 Å². The molecule has 82 valence electrons. The number of thioether (sulfide) groups is 1. The highest BCUT2D eigenvalue weighted by atomic mass is 32.2. The highest BCUT2D eigenvalue weighted by molar-refractivity contribution is 8.00. The van der Waals surface area contributed by atoms with Crippen LogP contribution >= 0.6 is 11.8 Å². The lowest BCUT2D eigenvalue weighted by molar-refractivity contribution is -0.117. The molecule has 1 aromatic rings. The Kier molecular flexibility index (Phi) is 3.96. The van der Waals surface area contributed by atoms with Gasteiger partial charge in [-0.2, -0.15) is 0 Å². The van der Waals surface area contributed by atoms with Crippen LogP contribution in [0.25, 0.3) is 0 Å². The van der Waals surface area contributed by atoms with Crippen LogP contribution in [0.3, 0.4) is 0 Å². The fourth-order valence-corrected chi connectivity index (χ4v) is 2.02. The van der Waals surface area contributed by atoms with Gasteiger partial charge in [-0.3, -0.25) is 4.79 Å². The number of anilines is 1. The third kappa shape index (κ3) is 3.13. The molecule has 1 aromatic carbocycles. The molecule has 4 N–H and O–H groups in total. The van der Waals surface area contributed by atoms with Crippen molar-refractivity contribution in [2.24, 2.45) is 5.73 Å². The molecule has 15 heavy (non-hydrogen) atoms. The average Bonchev–Trinajstić information content (AvgIpc) is 2.19. The number of halogens is 1. The van der Waals surface area contributed by atoms with Crippen LogP contribution in [-0.2, 0) is 4.79 Å². The Morgan fingerprint density at radius 2 is 2.27 bits per heavy atom. The van der Waals surface area contributed by atoms with Gasteiger partial charge < -0.3 is 11.5 Å². The Morgan fingerprint density at radius 1 is 1.60 bits per heavy atom. The van der Waals surface area contributed by atoms with Gasteiger partial charge in [-0.15, -0.1) is 11.8 Å². The standard InChI is InChI=1S/C10H13FN2OS/c1-2-9(10(13)14)15-6-3-4-8(12)7(11)5-6/h3-5,9H,2,12H2,1H3,(H2,13,14). The second-order valence-electron chi connectivity index (χ2n) is 3.10. The van der Waals surface area contributed by atoms with E-state index >= 15 is 0 Å². The molecular formula is C10H13FN2OS. The minimum atomic E-state index is -0.473. The third-order valence-corrected chi connectivity index (χ3v) is 3.31. The first kappa shape index (κ1) is 11.8. The van der Waals surface area contributed by atoms with E-state index in [9.17, 15) is 9.18 Å². The molecule has 1 rings (SSSR count). The minimum Gasteiger partial charge on any atom is -0.396 e. The van der Waals surface area contributed by atoms with Crippen molar-refractivity contribution in [1.82, 2.24) is 0 Å². The van der Waals surface area contributed by atoms with Gasteiger partial charge in [0, 0.05) is 4.90 Å². The van der Waals surface area contributed by atoms with Crippen LogP contribution in [0.4, 0.5) is 10.1 Å². The normalized spacial score (nSPS) is 12.4.